The van der Waals surface area contributed by atoms with Gasteiger partial charge in [-0.3, -0.25) is 4.68 Å². The van der Waals surface area contributed by atoms with Crippen LogP contribution in [0.2, 0.25) is 0 Å². The van der Waals surface area contributed by atoms with Crippen molar-refractivity contribution in [2.24, 2.45) is 7.05 Å². The van der Waals surface area contributed by atoms with Crippen LogP contribution < -0.4 is 5.32 Å². The molecule has 1 aromatic rings. The quantitative estimate of drug-likeness (QED) is 0.767. The van der Waals surface area contributed by atoms with Crippen LogP contribution in [0.3, 0.4) is 0 Å². The van der Waals surface area contributed by atoms with E-state index in [9.17, 15) is 0 Å². The molecule has 1 aromatic heterocycles. The smallest absolute Gasteiger partial charge is 0.0753 e. The lowest BCUT2D eigenvalue weighted by atomic mass is 10.1. The van der Waals surface area contributed by atoms with E-state index in [-0.39, 0.29) is 0 Å². The van der Waals surface area contributed by atoms with E-state index in [1.807, 2.05) is 11.7 Å². The van der Waals surface area contributed by atoms with Crippen LogP contribution in [-0.4, -0.2) is 22.9 Å². The molecule has 0 atom stereocenters. The lowest BCUT2D eigenvalue weighted by Gasteiger charge is -2.12. The van der Waals surface area contributed by atoms with Gasteiger partial charge in [-0.1, -0.05) is 6.92 Å². The Morgan fingerprint density at radius 2 is 2.43 bits per heavy atom. The largest absolute Gasteiger partial charge is 0.376 e. The minimum atomic E-state index is 0.726. The maximum atomic E-state index is 5.45. The molecule has 4 nitrogen and oxygen atoms in total. The number of fused-ring (bicyclic) bond motifs is 1. The van der Waals surface area contributed by atoms with E-state index in [2.05, 4.69) is 17.3 Å². The molecule has 0 unspecified atom stereocenters. The van der Waals surface area contributed by atoms with E-state index in [1.165, 1.54) is 17.0 Å². The van der Waals surface area contributed by atoms with Gasteiger partial charge >= 0.3 is 0 Å². The second-order valence-corrected chi connectivity index (χ2v) is 3.58. The van der Waals surface area contributed by atoms with Crippen molar-refractivity contribution >= 4 is 0 Å². The van der Waals surface area contributed by atoms with E-state index in [0.717, 1.165) is 32.7 Å². The van der Waals surface area contributed by atoms with Crippen molar-refractivity contribution in [1.82, 2.24) is 15.1 Å². The van der Waals surface area contributed by atoms with Crippen molar-refractivity contribution in [2.75, 3.05) is 13.2 Å². The Morgan fingerprint density at radius 1 is 1.57 bits per heavy atom. The molecule has 2 heterocycles. The molecule has 0 spiro atoms. The molecule has 78 valence electrons. The second-order valence-electron chi connectivity index (χ2n) is 3.58. The fraction of sp³-hybridized carbons (Fsp3) is 0.700. The number of ether oxygens (including phenoxy) is 1. The highest BCUT2D eigenvalue weighted by molar-refractivity contribution is 5.27. The van der Waals surface area contributed by atoms with Gasteiger partial charge in [0.15, 0.2) is 0 Å². The lowest BCUT2D eigenvalue weighted by Crippen LogP contribution is -2.17. The van der Waals surface area contributed by atoms with Crippen molar-refractivity contribution in [3.63, 3.8) is 0 Å². The zero-order valence-electron chi connectivity index (χ0n) is 8.84. The maximum Gasteiger partial charge on any atom is 0.0753 e. The summed E-state index contributed by atoms with van der Waals surface area (Å²) >= 11 is 0. The number of aryl methyl sites for hydroxylation is 1. The molecule has 1 aliphatic heterocycles. The van der Waals surface area contributed by atoms with Gasteiger partial charge < -0.3 is 10.1 Å². The molecule has 0 saturated heterocycles. The molecule has 1 aliphatic rings. The highest BCUT2D eigenvalue weighted by Crippen LogP contribution is 2.19. The summed E-state index contributed by atoms with van der Waals surface area (Å²) in [7, 11) is 2.00. The highest BCUT2D eigenvalue weighted by Gasteiger charge is 2.18. The molecule has 1 N–H and O–H groups in total. The van der Waals surface area contributed by atoms with Crippen molar-refractivity contribution in [3.05, 3.63) is 17.0 Å². The van der Waals surface area contributed by atoms with Crippen LogP contribution in [0.4, 0.5) is 0 Å². The van der Waals surface area contributed by atoms with Crippen LogP contribution in [0.1, 0.15) is 23.9 Å². The first-order valence-corrected chi connectivity index (χ1v) is 5.15. The minimum Gasteiger partial charge on any atom is -0.376 e. The summed E-state index contributed by atoms with van der Waals surface area (Å²) in [5.41, 5.74) is 3.77. The number of nitrogens with zero attached hydrogens (tertiary/aromatic N) is 2. The topological polar surface area (TPSA) is 39.1 Å². The lowest BCUT2D eigenvalue weighted by molar-refractivity contribution is 0.109. The van der Waals surface area contributed by atoms with Crippen molar-refractivity contribution in [3.8, 4) is 0 Å². The summed E-state index contributed by atoms with van der Waals surface area (Å²) in [6.45, 7) is 5.52. The van der Waals surface area contributed by atoms with Crippen LogP contribution in [0.5, 0.6) is 0 Å². The first kappa shape index (κ1) is 9.68. The molecule has 0 bridgehead atoms. The third-order valence-electron chi connectivity index (χ3n) is 2.63. The number of hydrogen-bond donors (Lipinski definition) is 1. The minimum absolute atomic E-state index is 0.726. The molecule has 0 aliphatic carbocycles. The molecule has 0 amide bonds. The first-order chi connectivity index (χ1) is 6.83. The molecular weight excluding hydrogens is 178 g/mol. The SMILES string of the molecule is CCNCc1c2c(nn1C)CCOC2. The summed E-state index contributed by atoms with van der Waals surface area (Å²) < 4.78 is 7.42. The van der Waals surface area contributed by atoms with E-state index in [0.29, 0.717) is 0 Å². The standard InChI is InChI=1S/C10H17N3O/c1-3-11-6-10-8-7-14-5-4-9(8)12-13(10)2/h11H,3-7H2,1-2H3. The molecule has 0 fully saturated rings. The molecule has 0 saturated carbocycles. The van der Waals surface area contributed by atoms with Gasteiger partial charge in [0.2, 0.25) is 0 Å². The van der Waals surface area contributed by atoms with Crippen molar-refractivity contribution in [1.29, 1.82) is 0 Å². The Balaban J connectivity index is 2.24. The predicted octanol–water partition coefficient (Wildman–Crippen LogP) is 0.602. The Kier molecular flexibility index (Phi) is 2.84. The van der Waals surface area contributed by atoms with Gasteiger partial charge in [0.05, 0.1) is 24.6 Å². The molecular formula is C10H17N3O. The van der Waals surface area contributed by atoms with E-state index >= 15 is 0 Å². The van der Waals surface area contributed by atoms with Gasteiger partial charge in [-0.2, -0.15) is 5.10 Å². The summed E-state index contributed by atoms with van der Waals surface area (Å²) in [6, 6.07) is 0. The van der Waals surface area contributed by atoms with Crippen LogP contribution in [0, 0.1) is 0 Å². The second kappa shape index (κ2) is 4.11. The third-order valence-corrected chi connectivity index (χ3v) is 2.63. The monoisotopic (exact) mass is 195 g/mol. The highest BCUT2D eigenvalue weighted by atomic mass is 16.5. The molecule has 14 heavy (non-hydrogen) atoms. The van der Waals surface area contributed by atoms with Crippen LogP contribution in [0.15, 0.2) is 0 Å². The molecule has 0 radical (unpaired) electrons. The number of nitrogens with one attached hydrogen (secondary N) is 1. The van der Waals surface area contributed by atoms with Crippen LogP contribution in [-0.2, 0) is 31.4 Å². The normalized spacial score (nSPS) is 15.6. The Hall–Kier alpha value is -0.870. The fourth-order valence-electron chi connectivity index (χ4n) is 1.84. The van der Waals surface area contributed by atoms with Gasteiger partial charge in [0.1, 0.15) is 0 Å². The van der Waals surface area contributed by atoms with Crippen molar-refractivity contribution < 1.29 is 4.74 Å². The number of aromatic nitrogens is 2. The third kappa shape index (κ3) is 1.67. The number of hydrogen-bond acceptors (Lipinski definition) is 3. The van der Waals surface area contributed by atoms with Crippen LogP contribution >= 0.6 is 0 Å². The number of rotatable bonds is 3. The van der Waals surface area contributed by atoms with Gasteiger partial charge in [-0.15, -0.1) is 0 Å². The predicted molar refractivity (Wildman–Crippen MR) is 53.9 cm³/mol. The summed E-state index contributed by atoms with van der Waals surface area (Å²) in [5.74, 6) is 0. The van der Waals surface area contributed by atoms with E-state index in [1.54, 1.807) is 0 Å². The summed E-state index contributed by atoms with van der Waals surface area (Å²) in [5, 5.41) is 7.83. The van der Waals surface area contributed by atoms with Crippen LogP contribution in [0.25, 0.3) is 0 Å². The van der Waals surface area contributed by atoms with Gasteiger partial charge in [0, 0.05) is 25.6 Å². The Bertz CT molecular complexity index is 319. The first-order valence-electron chi connectivity index (χ1n) is 5.15. The van der Waals surface area contributed by atoms with Gasteiger partial charge in [0.25, 0.3) is 0 Å². The van der Waals surface area contributed by atoms with E-state index in [4.69, 9.17) is 4.74 Å². The van der Waals surface area contributed by atoms with Gasteiger partial charge in [-0.25, -0.2) is 0 Å². The molecule has 4 heteroatoms. The van der Waals surface area contributed by atoms with Gasteiger partial charge in [-0.05, 0) is 6.54 Å². The zero-order valence-corrected chi connectivity index (χ0v) is 8.84. The average Bonchev–Trinajstić information content (AvgIpc) is 2.51. The summed E-state index contributed by atoms with van der Waals surface area (Å²) in [6.07, 6.45) is 0.954. The average molecular weight is 195 g/mol. The van der Waals surface area contributed by atoms with Crippen molar-refractivity contribution in [2.45, 2.75) is 26.5 Å². The summed E-state index contributed by atoms with van der Waals surface area (Å²) in [4.78, 5) is 0. The van der Waals surface area contributed by atoms with E-state index < -0.39 is 0 Å². The zero-order chi connectivity index (χ0) is 9.97. The molecule has 2 rings (SSSR count). The Labute approximate surface area is 84.3 Å². The Morgan fingerprint density at radius 3 is 3.21 bits per heavy atom. The molecule has 0 aromatic carbocycles. The maximum absolute atomic E-state index is 5.45. The fourth-order valence-corrected chi connectivity index (χ4v) is 1.84.